The maximum atomic E-state index is 14.4. The third-order valence-corrected chi connectivity index (χ3v) is 9.72. The lowest BCUT2D eigenvalue weighted by Gasteiger charge is -2.50. The highest BCUT2D eigenvalue weighted by atomic mass is 35.5. The van der Waals surface area contributed by atoms with E-state index in [9.17, 15) is 9.18 Å². The van der Waals surface area contributed by atoms with E-state index in [2.05, 4.69) is 23.0 Å². The molecule has 0 bridgehead atoms. The van der Waals surface area contributed by atoms with Crippen molar-refractivity contribution in [3.63, 3.8) is 0 Å². The number of nitrogens with zero attached hydrogens (tertiary/aromatic N) is 4. The zero-order valence-corrected chi connectivity index (χ0v) is 25.7. The molecule has 0 N–H and O–H groups in total. The monoisotopic (exact) mass is 584 g/mol. The summed E-state index contributed by atoms with van der Waals surface area (Å²) in [5, 5.41) is 1.52. The van der Waals surface area contributed by atoms with Crippen molar-refractivity contribution in [2.75, 3.05) is 34.4 Å². The average Bonchev–Trinajstić information content (AvgIpc) is 3.55. The van der Waals surface area contributed by atoms with Crippen LogP contribution in [0.25, 0.3) is 16.6 Å². The Labute approximate surface area is 247 Å². The van der Waals surface area contributed by atoms with E-state index in [1.54, 1.807) is 44.6 Å². The lowest BCUT2D eigenvalue weighted by molar-refractivity contribution is -0.277. The molecule has 0 unspecified atom stereocenters. The fourth-order valence-electron chi connectivity index (χ4n) is 6.84. The van der Waals surface area contributed by atoms with Crippen molar-refractivity contribution in [3.8, 4) is 5.69 Å². The first-order chi connectivity index (χ1) is 19.6. The minimum atomic E-state index is -0.446. The minimum Gasteiger partial charge on any atom is -0.353 e. The predicted molar refractivity (Wildman–Crippen MR) is 160 cm³/mol. The number of likely N-dealkylation sites (tertiary alicyclic amines) is 1. The smallest absolute Gasteiger partial charge is 0.256 e. The minimum absolute atomic E-state index is 0.0238. The van der Waals surface area contributed by atoms with Crippen LogP contribution in [0.15, 0.2) is 36.8 Å². The average molecular weight is 585 g/mol. The lowest BCUT2D eigenvalue weighted by atomic mass is 9.73. The van der Waals surface area contributed by atoms with Crippen molar-refractivity contribution in [3.05, 3.63) is 58.8 Å². The number of methoxy groups -OCH3 is 2. The van der Waals surface area contributed by atoms with Crippen molar-refractivity contribution in [1.29, 1.82) is 0 Å². The summed E-state index contributed by atoms with van der Waals surface area (Å²) in [7, 11) is 5.21. The third kappa shape index (κ3) is 5.64. The Kier molecular flexibility index (Phi) is 8.76. The molecule has 1 aliphatic carbocycles. The molecule has 2 aliphatic rings. The number of carbonyl (C=O) groups is 1. The molecule has 9 heteroatoms. The third-order valence-electron chi connectivity index (χ3n) is 9.44. The second kappa shape index (κ2) is 12.0. The number of rotatable bonds is 10. The first kappa shape index (κ1) is 30.0. The Balaban J connectivity index is 1.42. The summed E-state index contributed by atoms with van der Waals surface area (Å²) in [6, 6.07) is 4.88. The molecule has 5 rings (SSSR count). The number of amides is 1. The van der Waals surface area contributed by atoms with Gasteiger partial charge in [-0.25, -0.2) is 4.39 Å². The van der Waals surface area contributed by atoms with Gasteiger partial charge in [0.2, 0.25) is 0 Å². The van der Waals surface area contributed by atoms with Crippen LogP contribution in [0.4, 0.5) is 4.39 Å². The van der Waals surface area contributed by atoms with Gasteiger partial charge in [0.25, 0.3) is 5.91 Å². The van der Waals surface area contributed by atoms with E-state index in [0.717, 1.165) is 61.7 Å². The highest BCUT2D eigenvalue weighted by molar-refractivity contribution is 6.35. The summed E-state index contributed by atoms with van der Waals surface area (Å²) < 4.78 is 27.7. The van der Waals surface area contributed by atoms with Crippen LogP contribution in [0.5, 0.6) is 0 Å². The number of aromatic nitrogens is 2. The van der Waals surface area contributed by atoms with Crippen molar-refractivity contribution < 1.29 is 18.7 Å². The van der Waals surface area contributed by atoms with Gasteiger partial charge in [-0.1, -0.05) is 18.5 Å². The quantitative estimate of drug-likeness (QED) is 0.260. The van der Waals surface area contributed by atoms with Crippen LogP contribution >= 0.6 is 11.6 Å². The number of halogens is 2. The molecule has 1 aromatic carbocycles. The molecule has 1 aliphatic heterocycles. The van der Waals surface area contributed by atoms with Gasteiger partial charge in [0.15, 0.2) is 5.79 Å². The van der Waals surface area contributed by atoms with E-state index in [1.807, 2.05) is 18.4 Å². The van der Waals surface area contributed by atoms with E-state index in [0.29, 0.717) is 34.2 Å². The SMILES string of the molecule is CC[C@H](C1CC(OC)(OC)C1)N1CC[C@H](Cc2cn(-c3ccc(F)cc3C(=O)N(C)C(C)C)c3cncc(Cl)c23)C1. The number of pyridine rings is 1. The summed E-state index contributed by atoms with van der Waals surface area (Å²) in [4.78, 5) is 22.0. The fourth-order valence-corrected chi connectivity index (χ4v) is 7.12. The van der Waals surface area contributed by atoms with Gasteiger partial charge in [0.1, 0.15) is 5.82 Å². The molecule has 41 heavy (non-hydrogen) atoms. The molecule has 3 heterocycles. The first-order valence-electron chi connectivity index (χ1n) is 14.7. The van der Waals surface area contributed by atoms with Gasteiger partial charge >= 0.3 is 0 Å². The van der Waals surface area contributed by atoms with E-state index < -0.39 is 11.6 Å². The molecule has 0 spiro atoms. The summed E-state index contributed by atoms with van der Waals surface area (Å²) in [5.74, 6) is -0.0536. The van der Waals surface area contributed by atoms with Gasteiger partial charge in [-0.05, 0) is 75.3 Å². The molecule has 1 saturated heterocycles. The summed E-state index contributed by atoms with van der Waals surface area (Å²) in [6.45, 7) is 8.24. The number of fused-ring (bicyclic) bond motifs is 1. The molecule has 1 saturated carbocycles. The molecular weight excluding hydrogens is 543 g/mol. The van der Waals surface area contributed by atoms with Crippen LogP contribution < -0.4 is 0 Å². The Bertz CT molecular complexity index is 1400. The Hall–Kier alpha value is -2.52. The zero-order chi connectivity index (χ0) is 29.5. The second-order valence-electron chi connectivity index (χ2n) is 12.0. The molecule has 0 radical (unpaired) electrons. The summed E-state index contributed by atoms with van der Waals surface area (Å²) in [5.41, 5.74) is 2.86. The van der Waals surface area contributed by atoms with Crippen LogP contribution in [-0.2, 0) is 15.9 Å². The topological polar surface area (TPSA) is 59.8 Å². The van der Waals surface area contributed by atoms with E-state index in [-0.39, 0.29) is 11.9 Å². The normalized spacial score (nSPS) is 20.1. The standard InChI is InChI=1S/C32H42ClFN4O3/c1-7-27(23-14-32(15-23,40-5)41-6)37-11-10-21(18-37)12-22-19-38(29-17-35-16-26(33)30(22)29)28-9-8-24(34)13-25(28)31(39)36(4)20(2)3/h8-9,13,16-17,19-21,23,27H,7,10-12,14-15,18H2,1-6H3/t21-,27-/m1/s1. The molecule has 2 aromatic heterocycles. The van der Waals surface area contributed by atoms with Crippen molar-refractivity contribution >= 4 is 28.4 Å². The van der Waals surface area contributed by atoms with Gasteiger partial charge in [-0.3, -0.25) is 14.7 Å². The molecule has 222 valence electrons. The number of benzene rings is 1. The van der Waals surface area contributed by atoms with Gasteiger partial charge in [0, 0.05) is 70.5 Å². The highest BCUT2D eigenvalue weighted by Crippen LogP contribution is 2.46. The van der Waals surface area contributed by atoms with E-state index in [4.69, 9.17) is 21.1 Å². The van der Waals surface area contributed by atoms with Crippen LogP contribution in [0.2, 0.25) is 5.02 Å². The van der Waals surface area contributed by atoms with Crippen LogP contribution in [-0.4, -0.2) is 77.5 Å². The lowest BCUT2D eigenvalue weighted by Crippen LogP contribution is -2.54. The largest absolute Gasteiger partial charge is 0.353 e. The van der Waals surface area contributed by atoms with Gasteiger partial charge in [-0.2, -0.15) is 0 Å². The molecular formula is C32H42ClFN4O3. The Morgan fingerprint density at radius 3 is 2.63 bits per heavy atom. The van der Waals surface area contributed by atoms with Crippen LogP contribution in [0, 0.1) is 17.7 Å². The Morgan fingerprint density at radius 1 is 1.24 bits per heavy atom. The van der Waals surface area contributed by atoms with Crippen LogP contribution in [0.1, 0.15) is 62.4 Å². The maximum absolute atomic E-state index is 14.4. The van der Waals surface area contributed by atoms with Gasteiger partial charge in [-0.15, -0.1) is 0 Å². The fraction of sp³-hybridized carbons (Fsp3) is 0.562. The number of ether oxygens (including phenoxy) is 2. The van der Waals surface area contributed by atoms with E-state index >= 15 is 0 Å². The van der Waals surface area contributed by atoms with Crippen molar-refractivity contribution in [2.24, 2.45) is 11.8 Å². The van der Waals surface area contributed by atoms with Crippen LogP contribution in [0.3, 0.4) is 0 Å². The number of hydrogen-bond donors (Lipinski definition) is 0. The highest BCUT2D eigenvalue weighted by Gasteiger charge is 2.49. The second-order valence-corrected chi connectivity index (χ2v) is 12.4. The number of hydrogen-bond acceptors (Lipinski definition) is 5. The number of carbonyl (C=O) groups excluding carboxylic acids is 1. The maximum Gasteiger partial charge on any atom is 0.256 e. The van der Waals surface area contributed by atoms with Crippen molar-refractivity contribution in [1.82, 2.24) is 19.4 Å². The molecule has 2 fully saturated rings. The van der Waals surface area contributed by atoms with E-state index in [1.165, 1.54) is 12.1 Å². The molecule has 1 amide bonds. The predicted octanol–water partition coefficient (Wildman–Crippen LogP) is 6.34. The summed E-state index contributed by atoms with van der Waals surface area (Å²) >= 11 is 6.75. The molecule has 3 aromatic rings. The molecule has 2 atom stereocenters. The summed E-state index contributed by atoms with van der Waals surface area (Å²) in [6.07, 6.45) is 10.4. The zero-order valence-electron chi connectivity index (χ0n) is 25.0. The molecule has 7 nitrogen and oxygen atoms in total. The first-order valence-corrected chi connectivity index (χ1v) is 15.0. The van der Waals surface area contributed by atoms with Crippen molar-refractivity contribution in [2.45, 2.75) is 70.7 Å². The van der Waals surface area contributed by atoms with Gasteiger partial charge in [0.05, 0.1) is 28.0 Å². The Morgan fingerprint density at radius 2 is 1.98 bits per heavy atom. The van der Waals surface area contributed by atoms with Gasteiger partial charge < -0.3 is 18.9 Å².